The molecule has 0 saturated carbocycles. The number of thioether (sulfide) groups is 1. The summed E-state index contributed by atoms with van der Waals surface area (Å²) in [5.74, 6) is 1.40. The van der Waals surface area contributed by atoms with Crippen LogP contribution in [0.2, 0.25) is 0 Å². The van der Waals surface area contributed by atoms with E-state index >= 15 is 0 Å². The van der Waals surface area contributed by atoms with Crippen molar-refractivity contribution in [1.29, 1.82) is 0 Å². The Morgan fingerprint density at radius 2 is 2.00 bits per heavy atom. The monoisotopic (exact) mass is 367 g/mol. The molecule has 2 aromatic rings. The number of ether oxygens (including phenoxy) is 1. The highest BCUT2D eigenvalue weighted by atomic mass is 79.9. The van der Waals surface area contributed by atoms with Crippen molar-refractivity contribution in [2.45, 2.75) is 25.1 Å². The summed E-state index contributed by atoms with van der Waals surface area (Å²) in [6, 6.07) is 9.89. The van der Waals surface area contributed by atoms with Crippen molar-refractivity contribution < 1.29 is 4.74 Å². The second-order valence-electron chi connectivity index (χ2n) is 4.42. The number of rotatable bonds is 7. The maximum absolute atomic E-state index is 5.78. The molecule has 1 N–H and O–H groups in total. The molecule has 21 heavy (non-hydrogen) atoms. The van der Waals surface area contributed by atoms with Gasteiger partial charge in [0, 0.05) is 17.1 Å². The van der Waals surface area contributed by atoms with Crippen molar-refractivity contribution in [1.82, 2.24) is 9.97 Å². The summed E-state index contributed by atoms with van der Waals surface area (Å²) in [6.07, 6.45) is 3.01. The number of nitrogens with zero attached hydrogens (tertiary/aromatic N) is 2. The highest BCUT2D eigenvalue weighted by Crippen LogP contribution is 2.20. The second-order valence-corrected chi connectivity index (χ2v) is 6.11. The molecule has 0 aliphatic rings. The Morgan fingerprint density at radius 3 is 2.67 bits per heavy atom. The molecule has 0 fully saturated rings. The highest BCUT2D eigenvalue weighted by molar-refractivity contribution is 9.10. The Labute approximate surface area is 137 Å². The van der Waals surface area contributed by atoms with Crippen molar-refractivity contribution >= 4 is 33.5 Å². The van der Waals surface area contributed by atoms with Crippen LogP contribution in [0.1, 0.15) is 18.9 Å². The van der Waals surface area contributed by atoms with Gasteiger partial charge in [0.15, 0.2) is 5.16 Å². The summed E-state index contributed by atoms with van der Waals surface area (Å²) in [4.78, 5) is 8.78. The van der Waals surface area contributed by atoms with Crippen LogP contribution in [0.3, 0.4) is 0 Å². The Hall–Kier alpha value is -1.27. The molecular weight excluding hydrogens is 350 g/mol. The Balaban J connectivity index is 2.05. The third-order valence-corrected chi connectivity index (χ3v) is 3.80. The maximum atomic E-state index is 5.78. The summed E-state index contributed by atoms with van der Waals surface area (Å²) in [7, 11) is 0. The molecule has 0 aliphatic carbocycles. The highest BCUT2D eigenvalue weighted by Gasteiger charge is 2.05. The van der Waals surface area contributed by atoms with E-state index < -0.39 is 0 Å². The van der Waals surface area contributed by atoms with E-state index in [-0.39, 0.29) is 0 Å². The minimum absolute atomic E-state index is 0.491. The van der Waals surface area contributed by atoms with Crippen LogP contribution in [-0.2, 0) is 6.61 Å². The largest absolute Gasteiger partial charge is 0.473 e. The Morgan fingerprint density at radius 1 is 1.24 bits per heavy atom. The molecule has 0 radical (unpaired) electrons. The zero-order chi connectivity index (χ0) is 15.1. The number of hydrogen-bond donors (Lipinski definition) is 1. The fourth-order valence-corrected chi connectivity index (χ4v) is 2.29. The summed E-state index contributed by atoms with van der Waals surface area (Å²) in [5.41, 5.74) is 1.10. The van der Waals surface area contributed by atoms with Crippen LogP contribution in [0.15, 0.2) is 40.0 Å². The van der Waals surface area contributed by atoms with Gasteiger partial charge in [-0.2, -0.15) is 4.98 Å². The quantitative estimate of drug-likeness (QED) is 0.581. The first-order chi connectivity index (χ1) is 10.2. The van der Waals surface area contributed by atoms with Crippen molar-refractivity contribution in [3.63, 3.8) is 0 Å². The third kappa shape index (κ3) is 5.21. The van der Waals surface area contributed by atoms with E-state index in [1.54, 1.807) is 0 Å². The van der Waals surface area contributed by atoms with Crippen molar-refractivity contribution in [2.24, 2.45) is 0 Å². The lowest BCUT2D eigenvalue weighted by Gasteiger charge is -2.10. The van der Waals surface area contributed by atoms with E-state index in [1.807, 2.05) is 36.6 Å². The SMILES string of the molecule is CCCNc1cc(OCc2ccc(Br)cc2)nc(SC)n1. The van der Waals surface area contributed by atoms with Crippen LogP contribution in [-0.4, -0.2) is 22.8 Å². The summed E-state index contributed by atoms with van der Waals surface area (Å²) in [6.45, 7) is 3.50. The summed E-state index contributed by atoms with van der Waals surface area (Å²) < 4.78 is 6.83. The predicted octanol–water partition coefficient (Wildman–Crippen LogP) is 4.36. The van der Waals surface area contributed by atoms with Gasteiger partial charge < -0.3 is 10.1 Å². The van der Waals surface area contributed by atoms with Gasteiger partial charge in [0.25, 0.3) is 0 Å². The van der Waals surface area contributed by atoms with Crippen LogP contribution < -0.4 is 10.1 Å². The van der Waals surface area contributed by atoms with E-state index in [0.29, 0.717) is 17.6 Å². The number of aromatic nitrogens is 2. The summed E-state index contributed by atoms with van der Waals surface area (Å²) >= 11 is 4.93. The van der Waals surface area contributed by atoms with E-state index in [2.05, 4.69) is 38.1 Å². The van der Waals surface area contributed by atoms with Crippen LogP contribution in [0, 0.1) is 0 Å². The third-order valence-electron chi connectivity index (χ3n) is 2.72. The van der Waals surface area contributed by atoms with Crippen molar-refractivity contribution in [3.05, 3.63) is 40.4 Å². The molecule has 1 aromatic heterocycles. The number of anilines is 1. The molecule has 0 saturated heterocycles. The fourth-order valence-electron chi connectivity index (χ4n) is 1.65. The zero-order valence-corrected chi connectivity index (χ0v) is 14.5. The molecule has 4 nitrogen and oxygen atoms in total. The first-order valence-corrected chi connectivity index (χ1v) is 8.77. The molecule has 0 aliphatic heterocycles. The lowest BCUT2D eigenvalue weighted by molar-refractivity contribution is 0.291. The van der Waals surface area contributed by atoms with Gasteiger partial charge in [-0.3, -0.25) is 0 Å². The van der Waals surface area contributed by atoms with Gasteiger partial charge >= 0.3 is 0 Å². The number of hydrogen-bond acceptors (Lipinski definition) is 5. The van der Waals surface area contributed by atoms with Crippen LogP contribution in [0.4, 0.5) is 5.82 Å². The lowest BCUT2D eigenvalue weighted by atomic mass is 10.2. The molecule has 0 atom stereocenters. The van der Waals surface area contributed by atoms with Crippen molar-refractivity contribution in [2.75, 3.05) is 18.1 Å². The van der Waals surface area contributed by atoms with Crippen molar-refractivity contribution in [3.8, 4) is 5.88 Å². The first-order valence-electron chi connectivity index (χ1n) is 6.75. The standard InChI is InChI=1S/C15H18BrN3OS/c1-3-8-17-13-9-14(19-15(18-13)21-2)20-10-11-4-6-12(16)7-5-11/h4-7,9H,3,8,10H2,1-2H3,(H,17,18,19). The number of benzene rings is 1. The zero-order valence-electron chi connectivity index (χ0n) is 12.1. The normalized spacial score (nSPS) is 10.4. The van der Waals surface area contributed by atoms with Crippen LogP contribution in [0.5, 0.6) is 5.88 Å². The van der Waals surface area contributed by atoms with Gasteiger partial charge in [-0.25, -0.2) is 4.98 Å². The van der Waals surface area contributed by atoms with Crippen LogP contribution in [0.25, 0.3) is 0 Å². The Bertz CT molecular complexity index is 578. The molecule has 0 bridgehead atoms. The molecule has 6 heteroatoms. The molecule has 0 amide bonds. The van der Waals surface area contributed by atoms with E-state index in [1.165, 1.54) is 11.8 Å². The molecule has 2 rings (SSSR count). The first kappa shape index (κ1) is 16.1. The van der Waals surface area contributed by atoms with Gasteiger partial charge in [-0.05, 0) is 30.4 Å². The summed E-state index contributed by atoms with van der Waals surface area (Å²) in [5, 5.41) is 3.97. The van der Waals surface area contributed by atoms with Gasteiger partial charge in [-0.15, -0.1) is 0 Å². The molecule has 112 valence electrons. The molecule has 0 spiro atoms. The lowest BCUT2D eigenvalue weighted by Crippen LogP contribution is -2.05. The molecular formula is C15H18BrN3OS. The number of nitrogens with one attached hydrogen (secondary N) is 1. The fraction of sp³-hybridized carbons (Fsp3) is 0.333. The van der Waals surface area contributed by atoms with Crippen LogP contribution >= 0.6 is 27.7 Å². The number of halogens is 1. The van der Waals surface area contributed by atoms with E-state index in [0.717, 1.165) is 28.8 Å². The molecule has 1 aromatic carbocycles. The van der Waals surface area contributed by atoms with Gasteiger partial charge in [-0.1, -0.05) is 46.7 Å². The molecule has 0 unspecified atom stereocenters. The van der Waals surface area contributed by atoms with Gasteiger partial charge in [0.1, 0.15) is 12.4 Å². The average molecular weight is 368 g/mol. The van der Waals surface area contributed by atoms with E-state index in [4.69, 9.17) is 4.74 Å². The van der Waals surface area contributed by atoms with Gasteiger partial charge in [0.05, 0.1) is 0 Å². The maximum Gasteiger partial charge on any atom is 0.219 e. The topological polar surface area (TPSA) is 47.0 Å². The minimum atomic E-state index is 0.491. The Kier molecular flexibility index (Phi) is 6.32. The average Bonchev–Trinajstić information content (AvgIpc) is 2.52. The molecule has 1 heterocycles. The van der Waals surface area contributed by atoms with Gasteiger partial charge in [0.2, 0.25) is 5.88 Å². The van der Waals surface area contributed by atoms with E-state index in [9.17, 15) is 0 Å². The smallest absolute Gasteiger partial charge is 0.219 e. The predicted molar refractivity (Wildman–Crippen MR) is 91.1 cm³/mol. The second kappa shape index (κ2) is 8.24. The minimum Gasteiger partial charge on any atom is -0.473 e.